The number of hydrogen-bond donors (Lipinski definition) is 1. The lowest BCUT2D eigenvalue weighted by atomic mass is 10.0. The summed E-state index contributed by atoms with van der Waals surface area (Å²) in [6, 6.07) is 10.6. The number of halogens is 1. The summed E-state index contributed by atoms with van der Waals surface area (Å²) in [5.74, 6) is 0.156. The Morgan fingerprint density at radius 1 is 1.13 bits per heavy atom. The normalized spacial score (nSPS) is 10.7. The molecule has 0 fully saturated rings. The van der Waals surface area contributed by atoms with Crippen LogP contribution in [-0.2, 0) is 4.79 Å². The maximum Gasteiger partial charge on any atom is 0.262 e. The fourth-order valence-corrected chi connectivity index (χ4v) is 2.29. The fourth-order valence-electron chi connectivity index (χ4n) is 2.29. The SMILES string of the molecule is Cc1ccc(NC(=O)COc2cc(C)ccc2C(C)C)c(F)c1. The number of anilines is 1. The molecule has 0 radical (unpaired) electrons. The van der Waals surface area contributed by atoms with E-state index >= 15 is 0 Å². The van der Waals surface area contributed by atoms with Crippen molar-refractivity contribution in [2.24, 2.45) is 0 Å². The van der Waals surface area contributed by atoms with E-state index in [1.165, 1.54) is 6.07 Å². The number of hydrogen-bond acceptors (Lipinski definition) is 2. The largest absolute Gasteiger partial charge is 0.483 e. The Morgan fingerprint density at radius 3 is 2.43 bits per heavy atom. The van der Waals surface area contributed by atoms with Crippen LogP contribution in [0.2, 0.25) is 0 Å². The van der Waals surface area contributed by atoms with Gasteiger partial charge >= 0.3 is 0 Å². The minimum absolute atomic E-state index is 0.156. The van der Waals surface area contributed by atoms with E-state index in [9.17, 15) is 9.18 Å². The van der Waals surface area contributed by atoms with Gasteiger partial charge in [0.2, 0.25) is 0 Å². The van der Waals surface area contributed by atoms with Crippen LogP contribution in [0.4, 0.5) is 10.1 Å². The molecule has 3 nitrogen and oxygen atoms in total. The summed E-state index contributed by atoms with van der Waals surface area (Å²) < 4.78 is 19.4. The molecular formula is C19H22FNO2. The summed E-state index contributed by atoms with van der Waals surface area (Å²) >= 11 is 0. The molecular weight excluding hydrogens is 293 g/mol. The average molecular weight is 315 g/mol. The molecule has 2 rings (SSSR count). The van der Waals surface area contributed by atoms with Crippen molar-refractivity contribution in [1.29, 1.82) is 0 Å². The van der Waals surface area contributed by atoms with E-state index in [2.05, 4.69) is 19.2 Å². The molecule has 0 saturated carbocycles. The third kappa shape index (κ3) is 4.55. The van der Waals surface area contributed by atoms with E-state index in [0.717, 1.165) is 16.7 Å². The quantitative estimate of drug-likeness (QED) is 0.877. The van der Waals surface area contributed by atoms with Gasteiger partial charge in [-0.25, -0.2) is 4.39 Å². The Bertz CT molecular complexity index is 711. The molecule has 2 aromatic rings. The van der Waals surface area contributed by atoms with Gasteiger partial charge in [-0.3, -0.25) is 4.79 Å². The summed E-state index contributed by atoms with van der Waals surface area (Å²) in [5, 5.41) is 2.53. The van der Waals surface area contributed by atoms with E-state index in [1.54, 1.807) is 19.1 Å². The molecule has 122 valence electrons. The van der Waals surface area contributed by atoms with Crippen LogP contribution in [0.5, 0.6) is 5.75 Å². The number of benzene rings is 2. The molecule has 0 bridgehead atoms. The summed E-state index contributed by atoms with van der Waals surface area (Å²) in [4.78, 5) is 12.0. The summed E-state index contributed by atoms with van der Waals surface area (Å²) in [5.41, 5.74) is 3.08. The second kappa shape index (κ2) is 7.27. The topological polar surface area (TPSA) is 38.3 Å². The van der Waals surface area contributed by atoms with Crippen molar-refractivity contribution < 1.29 is 13.9 Å². The highest BCUT2D eigenvalue weighted by atomic mass is 19.1. The van der Waals surface area contributed by atoms with Crippen molar-refractivity contribution in [3.63, 3.8) is 0 Å². The molecule has 0 saturated heterocycles. The molecule has 2 aromatic carbocycles. The van der Waals surface area contributed by atoms with E-state index < -0.39 is 5.82 Å². The van der Waals surface area contributed by atoms with Crippen LogP contribution >= 0.6 is 0 Å². The first kappa shape index (κ1) is 17.0. The van der Waals surface area contributed by atoms with Gasteiger partial charge in [0.1, 0.15) is 11.6 Å². The highest BCUT2D eigenvalue weighted by Crippen LogP contribution is 2.27. The number of carbonyl (C=O) groups is 1. The minimum atomic E-state index is -0.447. The molecule has 0 spiro atoms. The van der Waals surface area contributed by atoms with Gasteiger partial charge in [-0.2, -0.15) is 0 Å². The van der Waals surface area contributed by atoms with Crippen LogP contribution in [0, 0.1) is 19.7 Å². The number of amides is 1. The van der Waals surface area contributed by atoms with Crippen molar-refractivity contribution in [2.45, 2.75) is 33.6 Å². The Kier molecular flexibility index (Phi) is 5.37. The van der Waals surface area contributed by atoms with Crippen molar-refractivity contribution >= 4 is 11.6 Å². The number of aryl methyl sites for hydroxylation is 2. The average Bonchev–Trinajstić information content (AvgIpc) is 2.48. The lowest BCUT2D eigenvalue weighted by molar-refractivity contribution is -0.118. The summed E-state index contributed by atoms with van der Waals surface area (Å²) in [6.45, 7) is 7.75. The van der Waals surface area contributed by atoms with Gasteiger partial charge in [0.25, 0.3) is 5.91 Å². The van der Waals surface area contributed by atoms with E-state index in [4.69, 9.17) is 4.74 Å². The van der Waals surface area contributed by atoms with Crippen molar-refractivity contribution in [3.8, 4) is 5.75 Å². The lowest BCUT2D eigenvalue weighted by Gasteiger charge is -2.15. The van der Waals surface area contributed by atoms with Gasteiger partial charge in [0.15, 0.2) is 6.61 Å². The van der Waals surface area contributed by atoms with Crippen LogP contribution in [0.25, 0.3) is 0 Å². The van der Waals surface area contributed by atoms with E-state index in [0.29, 0.717) is 11.7 Å². The van der Waals surface area contributed by atoms with Crippen molar-refractivity contribution in [2.75, 3.05) is 11.9 Å². The first-order valence-corrected chi connectivity index (χ1v) is 7.66. The minimum Gasteiger partial charge on any atom is -0.483 e. The Hall–Kier alpha value is -2.36. The highest BCUT2D eigenvalue weighted by Gasteiger charge is 2.11. The molecule has 0 atom stereocenters. The number of rotatable bonds is 5. The zero-order chi connectivity index (χ0) is 17.0. The lowest BCUT2D eigenvalue weighted by Crippen LogP contribution is -2.21. The molecule has 0 aliphatic heterocycles. The third-order valence-electron chi connectivity index (χ3n) is 3.55. The predicted octanol–water partition coefficient (Wildman–Crippen LogP) is 4.58. The van der Waals surface area contributed by atoms with Crippen molar-refractivity contribution in [3.05, 3.63) is 58.9 Å². The van der Waals surface area contributed by atoms with Crippen LogP contribution < -0.4 is 10.1 Å². The van der Waals surface area contributed by atoms with Gasteiger partial charge in [-0.1, -0.05) is 32.0 Å². The second-order valence-corrected chi connectivity index (χ2v) is 6.02. The zero-order valence-electron chi connectivity index (χ0n) is 13.9. The first-order valence-electron chi connectivity index (χ1n) is 7.66. The van der Waals surface area contributed by atoms with Crippen LogP contribution in [0.15, 0.2) is 36.4 Å². The summed E-state index contributed by atoms with van der Waals surface area (Å²) in [7, 11) is 0. The molecule has 0 unspecified atom stereocenters. The van der Waals surface area contributed by atoms with Gasteiger partial charge in [-0.05, 0) is 54.7 Å². The van der Waals surface area contributed by atoms with Crippen LogP contribution in [0.1, 0.15) is 36.5 Å². The molecule has 1 amide bonds. The maximum atomic E-state index is 13.7. The predicted molar refractivity (Wildman–Crippen MR) is 90.5 cm³/mol. The van der Waals surface area contributed by atoms with E-state index in [-0.39, 0.29) is 18.2 Å². The third-order valence-corrected chi connectivity index (χ3v) is 3.55. The zero-order valence-corrected chi connectivity index (χ0v) is 13.9. The smallest absolute Gasteiger partial charge is 0.262 e. The fraction of sp³-hybridized carbons (Fsp3) is 0.316. The molecule has 1 N–H and O–H groups in total. The molecule has 0 aliphatic rings. The van der Waals surface area contributed by atoms with Gasteiger partial charge in [0, 0.05) is 0 Å². The number of ether oxygens (including phenoxy) is 1. The molecule has 0 heterocycles. The van der Waals surface area contributed by atoms with Gasteiger partial charge in [0.05, 0.1) is 5.69 Å². The van der Waals surface area contributed by atoms with Crippen LogP contribution in [-0.4, -0.2) is 12.5 Å². The van der Waals surface area contributed by atoms with E-state index in [1.807, 2.05) is 25.1 Å². The number of nitrogens with one attached hydrogen (secondary N) is 1. The summed E-state index contributed by atoms with van der Waals surface area (Å²) in [6.07, 6.45) is 0. The second-order valence-electron chi connectivity index (χ2n) is 6.02. The van der Waals surface area contributed by atoms with Gasteiger partial charge < -0.3 is 10.1 Å². The molecule has 0 aliphatic carbocycles. The molecule has 4 heteroatoms. The molecule has 0 aromatic heterocycles. The van der Waals surface area contributed by atoms with Crippen molar-refractivity contribution in [1.82, 2.24) is 0 Å². The molecule has 23 heavy (non-hydrogen) atoms. The maximum absolute atomic E-state index is 13.7. The van der Waals surface area contributed by atoms with Crippen LogP contribution in [0.3, 0.4) is 0 Å². The standard InChI is InChI=1S/C19H22FNO2/c1-12(2)15-7-5-14(4)10-18(15)23-11-19(22)21-17-8-6-13(3)9-16(17)20/h5-10,12H,11H2,1-4H3,(H,21,22). The Labute approximate surface area is 136 Å². The Balaban J connectivity index is 2.03. The highest BCUT2D eigenvalue weighted by molar-refractivity contribution is 5.92. The first-order chi connectivity index (χ1) is 10.9. The number of carbonyl (C=O) groups excluding carboxylic acids is 1. The Morgan fingerprint density at radius 2 is 1.78 bits per heavy atom. The monoisotopic (exact) mass is 315 g/mol. The van der Waals surface area contributed by atoms with Gasteiger partial charge in [-0.15, -0.1) is 0 Å².